The van der Waals surface area contributed by atoms with Crippen LogP contribution in [0, 0.1) is 0 Å². The number of aromatic nitrogens is 6. The van der Waals surface area contributed by atoms with Crippen molar-refractivity contribution in [1.82, 2.24) is 29.5 Å². The Morgan fingerprint density at radius 1 is 1.11 bits per heavy atom. The Morgan fingerprint density at radius 3 is 2.85 bits per heavy atom. The van der Waals surface area contributed by atoms with Crippen molar-refractivity contribution in [1.29, 1.82) is 0 Å². The Labute approximate surface area is 150 Å². The topological polar surface area (TPSA) is 126 Å². The van der Waals surface area contributed by atoms with E-state index in [1.54, 1.807) is 24.3 Å². The van der Waals surface area contributed by atoms with Crippen LogP contribution in [0.15, 0.2) is 41.6 Å². The Morgan fingerprint density at radius 2 is 1.96 bits per heavy atom. The summed E-state index contributed by atoms with van der Waals surface area (Å²) in [4.78, 5) is 29.1. The average molecular weight is 365 g/mol. The van der Waals surface area contributed by atoms with Crippen molar-refractivity contribution in [2.24, 2.45) is 0 Å². The molecule has 27 heavy (non-hydrogen) atoms. The van der Waals surface area contributed by atoms with Gasteiger partial charge < -0.3 is 9.47 Å². The highest BCUT2D eigenvalue weighted by molar-refractivity contribution is 6.00. The molecule has 0 atom stereocenters. The first-order valence-electron chi connectivity index (χ1n) is 7.99. The van der Waals surface area contributed by atoms with E-state index < -0.39 is 11.5 Å². The Balaban J connectivity index is 1.50. The fourth-order valence-electron chi connectivity index (χ4n) is 2.80. The molecule has 5 rings (SSSR count). The standard InChI is InChI=1S/C16H11N7O4/c24-14(9-1-2-11-12(7-9)27-6-5-26-11)21-22-4-3-10-13(15(22)25)19-20-16-17-8-18-23(10)16/h1-4,7-8H,5-6H2,(H,21,24). The molecule has 0 unspecified atom stereocenters. The van der Waals surface area contributed by atoms with Crippen molar-refractivity contribution in [3.8, 4) is 11.5 Å². The molecule has 134 valence electrons. The third-order valence-corrected chi connectivity index (χ3v) is 4.07. The van der Waals surface area contributed by atoms with Gasteiger partial charge in [-0.2, -0.15) is 14.6 Å². The molecule has 1 aliphatic heterocycles. The van der Waals surface area contributed by atoms with Crippen LogP contribution in [0.1, 0.15) is 10.4 Å². The first kappa shape index (κ1) is 15.3. The van der Waals surface area contributed by atoms with E-state index in [-0.39, 0.29) is 11.3 Å². The molecule has 11 nitrogen and oxygen atoms in total. The van der Waals surface area contributed by atoms with Gasteiger partial charge in [0.15, 0.2) is 17.0 Å². The summed E-state index contributed by atoms with van der Waals surface area (Å²) in [6.45, 7) is 0.878. The fraction of sp³-hybridized carbons (Fsp3) is 0.125. The van der Waals surface area contributed by atoms with E-state index in [1.165, 1.54) is 17.0 Å². The lowest BCUT2D eigenvalue weighted by Gasteiger charge is -2.18. The van der Waals surface area contributed by atoms with E-state index in [0.717, 1.165) is 4.68 Å². The molecule has 0 saturated carbocycles. The van der Waals surface area contributed by atoms with Crippen molar-refractivity contribution < 1.29 is 14.3 Å². The summed E-state index contributed by atoms with van der Waals surface area (Å²) >= 11 is 0. The van der Waals surface area contributed by atoms with E-state index in [2.05, 4.69) is 25.7 Å². The van der Waals surface area contributed by atoms with Gasteiger partial charge in [-0.05, 0) is 24.3 Å². The van der Waals surface area contributed by atoms with Gasteiger partial charge in [0.25, 0.3) is 17.2 Å². The summed E-state index contributed by atoms with van der Waals surface area (Å²) in [5.74, 6) is 0.857. The van der Waals surface area contributed by atoms with Gasteiger partial charge in [-0.1, -0.05) is 0 Å². The van der Waals surface area contributed by atoms with Crippen LogP contribution in [-0.4, -0.2) is 48.6 Å². The number of pyridine rings is 1. The molecule has 0 saturated heterocycles. The maximum atomic E-state index is 12.6. The predicted octanol–water partition coefficient (Wildman–Crippen LogP) is -0.0107. The first-order valence-corrected chi connectivity index (χ1v) is 7.99. The van der Waals surface area contributed by atoms with Gasteiger partial charge in [0.05, 0.1) is 0 Å². The van der Waals surface area contributed by atoms with Gasteiger partial charge >= 0.3 is 0 Å². The van der Waals surface area contributed by atoms with Gasteiger partial charge in [-0.3, -0.25) is 15.0 Å². The van der Waals surface area contributed by atoms with Crippen LogP contribution >= 0.6 is 0 Å². The van der Waals surface area contributed by atoms with E-state index in [1.807, 2.05) is 0 Å². The average Bonchev–Trinajstić information content (AvgIpc) is 3.19. The van der Waals surface area contributed by atoms with Crippen molar-refractivity contribution in [3.05, 3.63) is 52.7 Å². The van der Waals surface area contributed by atoms with Crippen molar-refractivity contribution in [3.63, 3.8) is 0 Å². The van der Waals surface area contributed by atoms with Crippen LogP contribution in [0.4, 0.5) is 0 Å². The smallest absolute Gasteiger partial charge is 0.299 e. The summed E-state index contributed by atoms with van der Waals surface area (Å²) in [6, 6.07) is 6.40. The number of nitrogens with one attached hydrogen (secondary N) is 1. The van der Waals surface area contributed by atoms with Crippen molar-refractivity contribution in [2.75, 3.05) is 18.6 Å². The lowest BCUT2D eigenvalue weighted by Crippen LogP contribution is -2.33. The minimum atomic E-state index is -0.539. The Kier molecular flexibility index (Phi) is 3.25. The molecule has 0 aliphatic carbocycles. The van der Waals surface area contributed by atoms with E-state index in [4.69, 9.17) is 9.47 Å². The van der Waals surface area contributed by atoms with Crippen LogP contribution in [0.3, 0.4) is 0 Å². The number of fused-ring (bicyclic) bond motifs is 4. The van der Waals surface area contributed by atoms with E-state index in [9.17, 15) is 9.59 Å². The maximum absolute atomic E-state index is 12.6. The molecule has 0 spiro atoms. The Hall–Kier alpha value is -4.02. The van der Waals surface area contributed by atoms with Crippen LogP contribution in [0.2, 0.25) is 0 Å². The molecule has 1 aromatic carbocycles. The second kappa shape index (κ2) is 5.76. The molecule has 3 aromatic heterocycles. The monoisotopic (exact) mass is 365 g/mol. The molecule has 1 aliphatic rings. The Bertz CT molecular complexity index is 1260. The highest BCUT2D eigenvalue weighted by atomic mass is 16.6. The molecule has 1 amide bonds. The SMILES string of the molecule is O=C(Nn1ccc2c(nnc3ncnn32)c1=O)c1ccc2c(c1)OCCO2. The number of ether oxygens (including phenoxy) is 2. The molecule has 0 bridgehead atoms. The van der Waals surface area contributed by atoms with Gasteiger partial charge in [-0.25, -0.2) is 4.68 Å². The molecule has 1 N–H and O–H groups in total. The highest BCUT2D eigenvalue weighted by Gasteiger charge is 2.16. The lowest BCUT2D eigenvalue weighted by atomic mass is 10.2. The third kappa shape index (κ3) is 2.44. The second-order valence-electron chi connectivity index (χ2n) is 5.70. The fourth-order valence-corrected chi connectivity index (χ4v) is 2.80. The summed E-state index contributed by atoms with van der Waals surface area (Å²) in [5.41, 5.74) is 2.80. The first-order chi connectivity index (χ1) is 13.2. The van der Waals surface area contributed by atoms with Gasteiger partial charge in [0.1, 0.15) is 25.1 Å². The molecule has 0 fully saturated rings. The largest absolute Gasteiger partial charge is 0.486 e. The minimum absolute atomic E-state index is 0.0537. The molecular formula is C16H11N7O4. The van der Waals surface area contributed by atoms with Gasteiger partial charge in [-0.15, -0.1) is 10.2 Å². The third-order valence-electron chi connectivity index (χ3n) is 4.07. The van der Waals surface area contributed by atoms with Gasteiger partial charge in [0, 0.05) is 11.8 Å². The van der Waals surface area contributed by atoms with E-state index >= 15 is 0 Å². The minimum Gasteiger partial charge on any atom is -0.486 e. The highest BCUT2D eigenvalue weighted by Crippen LogP contribution is 2.30. The number of rotatable bonds is 2. The number of benzene rings is 1. The summed E-state index contributed by atoms with van der Waals surface area (Å²) < 4.78 is 13.3. The quantitative estimate of drug-likeness (QED) is 0.526. The molecule has 4 heterocycles. The number of nitrogens with zero attached hydrogens (tertiary/aromatic N) is 6. The molecule has 4 aromatic rings. The number of hydrogen-bond donors (Lipinski definition) is 1. The lowest BCUT2D eigenvalue weighted by molar-refractivity contribution is 0.101. The van der Waals surface area contributed by atoms with Crippen molar-refractivity contribution in [2.45, 2.75) is 0 Å². The zero-order valence-corrected chi connectivity index (χ0v) is 13.7. The second-order valence-corrected chi connectivity index (χ2v) is 5.70. The number of carbonyl (C=O) groups excluding carboxylic acids is 1. The van der Waals surface area contributed by atoms with Crippen LogP contribution in [0.5, 0.6) is 11.5 Å². The zero-order chi connectivity index (χ0) is 18.4. The van der Waals surface area contributed by atoms with Crippen LogP contribution in [-0.2, 0) is 0 Å². The summed E-state index contributed by atoms with van der Waals surface area (Å²) in [7, 11) is 0. The maximum Gasteiger partial charge on any atom is 0.299 e. The van der Waals surface area contributed by atoms with Gasteiger partial charge in [0.2, 0.25) is 0 Å². The summed E-state index contributed by atoms with van der Waals surface area (Å²) in [6.07, 6.45) is 2.74. The predicted molar refractivity (Wildman–Crippen MR) is 91.5 cm³/mol. The molecule has 0 radical (unpaired) electrons. The van der Waals surface area contributed by atoms with Crippen LogP contribution in [0.25, 0.3) is 16.8 Å². The zero-order valence-electron chi connectivity index (χ0n) is 13.7. The normalized spacial score (nSPS) is 13.0. The number of hydrogen-bond acceptors (Lipinski definition) is 8. The molecular weight excluding hydrogens is 354 g/mol. The number of amides is 1. The van der Waals surface area contributed by atoms with Crippen LogP contribution < -0.4 is 20.5 Å². The molecule has 11 heteroatoms. The van der Waals surface area contributed by atoms with E-state index in [0.29, 0.717) is 35.8 Å². The summed E-state index contributed by atoms with van der Waals surface area (Å²) in [5, 5.41) is 11.7. The van der Waals surface area contributed by atoms with Crippen molar-refractivity contribution >= 4 is 22.7 Å². The number of carbonyl (C=O) groups is 1.